The van der Waals surface area contributed by atoms with Crippen LogP contribution in [0.15, 0.2) is 18.2 Å². The number of primary amides is 1. The number of nitrogens with one attached hydrogen (secondary N) is 1. The molecule has 3 rings (SSSR count). The Morgan fingerprint density at radius 1 is 1.32 bits per heavy atom. The van der Waals surface area contributed by atoms with Crippen molar-refractivity contribution in [1.29, 1.82) is 0 Å². The molecule has 1 aromatic carbocycles. The minimum Gasteiger partial charge on any atom is -0.366 e. The number of nitro groups is 1. The van der Waals surface area contributed by atoms with Crippen LogP contribution in [0.4, 0.5) is 5.69 Å². The van der Waals surface area contributed by atoms with Crippen molar-refractivity contribution in [3.8, 4) is 0 Å². The molecule has 1 aliphatic carbocycles. The van der Waals surface area contributed by atoms with Gasteiger partial charge in [-0.2, -0.15) is 0 Å². The average Bonchev–Trinajstić information content (AvgIpc) is 2.58. The number of amides is 1. The number of nitrogens with two attached hydrogens (primary N) is 1. The monoisotopic (exact) mass is 368 g/mol. The van der Waals surface area contributed by atoms with E-state index in [-0.39, 0.29) is 29.2 Å². The Kier molecular flexibility index (Phi) is 6.37. The predicted molar refractivity (Wildman–Crippen MR) is 98.0 cm³/mol. The van der Waals surface area contributed by atoms with Crippen molar-refractivity contribution in [3.63, 3.8) is 0 Å². The van der Waals surface area contributed by atoms with Gasteiger partial charge < -0.3 is 11.1 Å². The average molecular weight is 369 g/mol. The van der Waals surface area contributed by atoms with E-state index in [4.69, 9.17) is 5.73 Å². The molecule has 138 valence electrons. The molecule has 1 spiro atoms. The van der Waals surface area contributed by atoms with Gasteiger partial charge in [-0.25, -0.2) is 0 Å². The molecule has 1 saturated heterocycles. The summed E-state index contributed by atoms with van der Waals surface area (Å²) in [5, 5.41) is 14.9. The van der Waals surface area contributed by atoms with Crippen LogP contribution < -0.4 is 11.1 Å². The molecule has 0 aromatic heterocycles. The molecule has 3 N–H and O–H groups in total. The first-order valence-corrected chi connectivity index (χ1v) is 8.55. The van der Waals surface area contributed by atoms with E-state index in [1.807, 2.05) is 0 Å². The van der Waals surface area contributed by atoms with Gasteiger partial charge in [0.15, 0.2) is 0 Å². The van der Waals surface area contributed by atoms with Crippen molar-refractivity contribution in [1.82, 2.24) is 10.2 Å². The molecule has 2 fully saturated rings. The Bertz CT molecular complexity index is 639. The van der Waals surface area contributed by atoms with Gasteiger partial charge in [0.1, 0.15) is 0 Å². The van der Waals surface area contributed by atoms with Crippen molar-refractivity contribution >= 4 is 24.0 Å². The first-order valence-electron chi connectivity index (χ1n) is 8.55. The van der Waals surface area contributed by atoms with Gasteiger partial charge in [-0.3, -0.25) is 19.8 Å². The lowest BCUT2D eigenvalue weighted by molar-refractivity contribution is -0.385. The lowest BCUT2D eigenvalue weighted by Gasteiger charge is -2.50. The molecule has 0 bridgehead atoms. The van der Waals surface area contributed by atoms with E-state index in [1.165, 1.54) is 25.3 Å². The molecule has 25 heavy (non-hydrogen) atoms. The zero-order valence-corrected chi connectivity index (χ0v) is 15.0. The highest BCUT2D eigenvalue weighted by atomic mass is 35.5. The van der Waals surface area contributed by atoms with Gasteiger partial charge in [0.25, 0.3) is 5.69 Å². The molecular formula is C17H25ClN4O3. The van der Waals surface area contributed by atoms with Crippen molar-refractivity contribution < 1.29 is 9.72 Å². The second-order valence-electron chi connectivity index (χ2n) is 6.85. The highest BCUT2D eigenvalue weighted by Crippen LogP contribution is 2.36. The molecule has 8 heteroatoms. The number of hydrogen-bond acceptors (Lipinski definition) is 5. The quantitative estimate of drug-likeness (QED) is 0.626. The van der Waals surface area contributed by atoms with Crippen LogP contribution in [-0.4, -0.2) is 40.9 Å². The normalized spacial score (nSPS) is 20.0. The molecule has 1 amide bonds. The lowest BCUT2D eigenvalue weighted by atomic mass is 9.79. The number of nitro benzene ring substituents is 1. The Morgan fingerprint density at radius 2 is 2.04 bits per heavy atom. The van der Waals surface area contributed by atoms with Gasteiger partial charge in [0.05, 0.1) is 4.92 Å². The molecule has 2 aliphatic rings. The maximum atomic E-state index is 11.4. The predicted octanol–water partition coefficient (Wildman–Crippen LogP) is 2.22. The molecule has 0 unspecified atom stereocenters. The van der Waals surface area contributed by atoms with Crippen LogP contribution in [0.5, 0.6) is 0 Å². The van der Waals surface area contributed by atoms with E-state index < -0.39 is 10.8 Å². The van der Waals surface area contributed by atoms with Crippen LogP contribution in [0.1, 0.15) is 48.0 Å². The first-order chi connectivity index (χ1) is 11.5. The Balaban J connectivity index is 0.00000225. The summed E-state index contributed by atoms with van der Waals surface area (Å²) in [6.07, 6.45) is 5.95. The summed E-state index contributed by atoms with van der Waals surface area (Å²) >= 11 is 0. The van der Waals surface area contributed by atoms with Crippen molar-refractivity contribution in [2.75, 3.05) is 19.6 Å². The number of piperazine rings is 1. The van der Waals surface area contributed by atoms with Crippen molar-refractivity contribution in [3.05, 3.63) is 39.4 Å². The van der Waals surface area contributed by atoms with Gasteiger partial charge in [0, 0.05) is 48.9 Å². The number of rotatable bonds is 4. The number of nitrogens with zero attached hydrogens (tertiary/aromatic N) is 2. The number of hydrogen-bond donors (Lipinski definition) is 2. The smallest absolute Gasteiger partial charge is 0.274 e. The summed E-state index contributed by atoms with van der Waals surface area (Å²) < 4.78 is 0. The Hall–Kier alpha value is -1.70. The summed E-state index contributed by atoms with van der Waals surface area (Å²) in [4.78, 5) is 24.7. The topological polar surface area (TPSA) is 102 Å². The zero-order valence-electron chi connectivity index (χ0n) is 14.2. The number of carbonyl (C=O) groups is 1. The van der Waals surface area contributed by atoms with Gasteiger partial charge in [-0.05, 0) is 18.9 Å². The van der Waals surface area contributed by atoms with Crippen molar-refractivity contribution in [2.45, 2.75) is 44.2 Å². The maximum absolute atomic E-state index is 11.4. The summed E-state index contributed by atoms with van der Waals surface area (Å²) in [6.45, 7) is 3.26. The van der Waals surface area contributed by atoms with Crippen LogP contribution >= 0.6 is 12.4 Å². The SMILES string of the molecule is Cl.NC(=O)c1ccc(CN2CCNCC23CCCCC3)c([N+](=O)[O-])c1. The number of carbonyl (C=O) groups excluding carboxylic acids is 1. The molecule has 0 atom stereocenters. The summed E-state index contributed by atoms with van der Waals surface area (Å²) in [5.41, 5.74) is 6.16. The van der Waals surface area contributed by atoms with Gasteiger partial charge in [0.2, 0.25) is 5.91 Å². The first kappa shape index (κ1) is 19.6. The molecule has 1 aliphatic heterocycles. The maximum Gasteiger partial charge on any atom is 0.274 e. The van der Waals surface area contributed by atoms with Crippen LogP contribution in [0.25, 0.3) is 0 Å². The van der Waals surface area contributed by atoms with E-state index in [0.717, 1.165) is 32.5 Å². The molecular weight excluding hydrogens is 344 g/mol. The third-order valence-electron chi connectivity index (χ3n) is 5.40. The fourth-order valence-electron chi connectivity index (χ4n) is 4.06. The lowest BCUT2D eigenvalue weighted by Crippen LogP contribution is -2.61. The second kappa shape index (κ2) is 8.12. The molecule has 7 nitrogen and oxygen atoms in total. The van der Waals surface area contributed by atoms with Crippen LogP contribution in [0.3, 0.4) is 0 Å². The number of benzene rings is 1. The zero-order chi connectivity index (χ0) is 17.2. The van der Waals surface area contributed by atoms with Gasteiger partial charge >= 0.3 is 0 Å². The van der Waals surface area contributed by atoms with Crippen LogP contribution in [0, 0.1) is 10.1 Å². The van der Waals surface area contributed by atoms with E-state index in [1.54, 1.807) is 12.1 Å². The summed E-state index contributed by atoms with van der Waals surface area (Å²) in [6, 6.07) is 4.56. The molecule has 1 aromatic rings. The van der Waals surface area contributed by atoms with E-state index in [9.17, 15) is 14.9 Å². The molecule has 0 radical (unpaired) electrons. The van der Waals surface area contributed by atoms with Crippen LogP contribution in [-0.2, 0) is 6.54 Å². The third-order valence-corrected chi connectivity index (χ3v) is 5.40. The molecule has 1 saturated carbocycles. The Labute approximate surface area is 153 Å². The fourth-order valence-corrected chi connectivity index (χ4v) is 4.06. The minimum absolute atomic E-state index is 0. The van der Waals surface area contributed by atoms with E-state index in [0.29, 0.717) is 12.1 Å². The van der Waals surface area contributed by atoms with E-state index >= 15 is 0 Å². The van der Waals surface area contributed by atoms with Crippen LogP contribution in [0.2, 0.25) is 0 Å². The standard InChI is InChI=1S/C17H24N4O3.ClH/c18-16(22)13-4-5-14(15(10-13)21(23)24)11-20-9-8-19-12-17(20)6-2-1-3-7-17;/h4-5,10,19H,1-3,6-9,11-12H2,(H2,18,22);1H. The van der Waals surface area contributed by atoms with E-state index in [2.05, 4.69) is 10.2 Å². The van der Waals surface area contributed by atoms with Gasteiger partial charge in [-0.1, -0.05) is 25.3 Å². The minimum atomic E-state index is -0.643. The van der Waals surface area contributed by atoms with Crippen molar-refractivity contribution in [2.24, 2.45) is 5.73 Å². The highest BCUT2D eigenvalue weighted by Gasteiger charge is 2.40. The third kappa shape index (κ3) is 4.11. The Morgan fingerprint density at radius 3 is 2.68 bits per heavy atom. The number of halogens is 1. The second-order valence-corrected chi connectivity index (χ2v) is 6.85. The van der Waals surface area contributed by atoms with Gasteiger partial charge in [-0.15, -0.1) is 12.4 Å². The highest BCUT2D eigenvalue weighted by molar-refractivity contribution is 5.93. The summed E-state index contributed by atoms with van der Waals surface area (Å²) in [5.74, 6) is -0.643. The largest absolute Gasteiger partial charge is 0.366 e. The summed E-state index contributed by atoms with van der Waals surface area (Å²) in [7, 11) is 0. The fraction of sp³-hybridized carbons (Fsp3) is 0.588. The molecule has 1 heterocycles.